The Balaban J connectivity index is 1.81. The van der Waals surface area contributed by atoms with Gasteiger partial charge in [-0.3, -0.25) is 4.79 Å². The van der Waals surface area contributed by atoms with Crippen LogP contribution in [0, 0.1) is 0 Å². The van der Waals surface area contributed by atoms with Crippen LogP contribution in [-0.2, 0) is 13.1 Å². The van der Waals surface area contributed by atoms with E-state index in [4.69, 9.17) is 12.2 Å². The van der Waals surface area contributed by atoms with Crippen molar-refractivity contribution in [3.05, 3.63) is 71.9 Å². The maximum absolute atomic E-state index is 12.7. The Kier molecular flexibility index (Phi) is 4.53. The number of carbonyl (C=O) groups excluding carboxylic acids is 1. The summed E-state index contributed by atoms with van der Waals surface area (Å²) in [5.41, 5.74) is 2.82. The van der Waals surface area contributed by atoms with Crippen molar-refractivity contribution in [2.24, 2.45) is 0 Å². The van der Waals surface area contributed by atoms with E-state index >= 15 is 0 Å². The van der Waals surface area contributed by atoms with E-state index in [2.05, 4.69) is 16.8 Å². The van der Waals surface area contributed by atoms with Crippen molar-refractivity contribution in [3.63, 3.8) is 0 Å². The fourth-order valence-corrected chi connectivity index (χ4v) is 2.85. The molecule has 0 aliphatic carbocycles. The first-order chi connectivity index (χ1) is 11.2. The van der Waals surface area contributed by atoms with Gasteiger partial charge >= 0.3 is 0 Å². The highest BCUT2D eigenvalue weighted by Gasteiger charge is 2.18. The second-order valence-corrected chi connectivity index (χ2v) is 5.75. The van der Waals surface area contributed by atoms with Crippen molar-refractivity contribution in [2.75, 3.05) is 0 Å². The van der Waals surface area contributed by atoms with Crippen LogP contribution in [0.25, 0.3) is 10.9 Å². The highest BCUT2D eigenvalue weighted by atomic mass is 32.1. The molecule has 0 radical (unpaired) electrons. The van der Waals surface area contributed by atoms with Crippen molar-refractivity contribution in [1.82, 2.24) is 9.88 Å². The van der Waals surface area contributed by atoms with Crippen LogP contribution in [0.1, 0.15) is 22.8 Å². The van der Waals surface area contributed by atoms with Crippen LogP contribution in [0.3, 0.4) is 0 Å². The van der Waals surface area contributed by atoms with E-state index in [9.17, 15) is 4.79 Å². The number of thiocarbonyl (C=S) groups is 1. The summed E-state index contributed by atoms with van der Waals surface area (Å²) in [5.74, 6) is -0.126. The number of nitrogens with zero attached hydrogens (tertiary/aromatic N) is 1. The first kappa shape index (κ1) is 15.4. The van der Waals surface area contributed by atoms with Gasteiger partial charge in [0.1, 0.15) is 4.99 Å². The lowest BCUT2D eigenvalue weighted by atomic mass is 10.1. The zero-order chi connectivity index (χ0) is 16.2. The number of hydrogen-bond donors (Lipinski definition) is 1. The molecule has 3 nitrogen and oxygen atoms in total. The number of nitrogens with one attached hydrogen (secondary N) is 1. The molecule has 0 saturated carbocycles. The van der Waals surface area contributed by atoms with Crippen molar-refractivity contribution >= 4 is 33.9 Å². The van der Waals surface area contributed by atoms with Crippen molar-refractivity contribution in [2.45, 2.75) is 20.0 Å². The minimum absolute atomic E-state index is 0.126. The van der Waals surface area contributed by atoms with Gasteiger partial charge in [-0.2, -0.15) is 0 Å². The van der Waals surface area contributed by atoms with Crippen molar-refractivity contribution < 1.29 is 4.79 Å². The molecule has 2 aromatic carbocycles. The van der Waals surface area contributed by atoms with E-state index in [0.717, 1.165) is 23.0 Å². The van der Waals surface area contributed by atoms with Gasteiger partial charge in [0, 0.05) is 30.2 Å². The number of aromatic nitrogens is 1. The molecule has 3 aromatic rings. The largest absolute Gasteiger partial charge is 0.369 e. The SMILES string of the molecule is CCn1cc(C(=O)C(=S)NCc2ccccc2)c2ccccc21. The number of Topliss-reactive ketones (excluding diaryl/α,β-unsaturated/α-hetero) is 1. The number of hydrogen-bond acceptors (Lipinski definition) is 2. The molecule has 1 N–H and O–H groups in total. The van der Waals surface area contributed by atoms with Crippen molar-refractivity contribution in [3.8, 4) is 0 Å². The Labute approximate surface area is 140 Å². The molecule has 0 amide bonds. The summed E-state index contributed by atoms with van der Waals surface area (Å²) in [6.45, 7) is 3.43. The van der Waals surface area contributed by atoms with Crippen LogP contribution in [0.5, 0.6) is 0 Å². The summed E-state index contributed by atoms with van der Waals surface area (Å²) < 4.78 is 2.07. The van der Waals surface area contributed by atoms with Gasteiger partial charge in [-0.05, 0) is 18.6 Å². The minimum Gasteiger partial charge on any atom is -0.369 e. The van der Waals surface area contributed by atoms with Crippen LogP contribution in [-0.4, -0.2) is 15.3 Å². The van der Waals surface area contributed by atoms with E-state index in [1.54, 1.807) is 0 Å². The van der Waals surface area contributed by atoms with Gasteiger partial charge in [0.05, 0.1) is 5.56 Å². The Morgan fingerprint density at radius 2 is 1.78 bits per heavy atom. The van der Waals surface area contributed by atoms with Gasteiger partial charge < -0.3 is 9.88 Å². The highest BCUT2D eigenvalue weighted by molar-refractivity contribution is 7.82. The molecule has 23 heavy (non-hydrogen) atoms. The summed E-state index contributed by atoms with van der Waals surface area (Å²) in [4.78, 5) is 12.9. The zero-order valence-corrected chi connectivity index (χ0v) is 13.8. The normalized spacial score (nSPS) is 10.7. The van der Waals surface area contributed by atoms with Gasteiger partial charge in [0.15, 0.2) is 0 Å². The molecule has 0 unspecified atom stereocenters. The topological polar surface area (TPSA) is 34.0 Å². The average molecular weight is 322 g/mol. The number of aryl methyl sites for hydroxylation is 1. The van der Waals surface area contributed by atoms with Crippen LogP contribution >= 0.6 is 12.2 Å². The molecular formula is C19H18N2OS. The second-order valence-electron chi connectivity index (χ2n) is 5.34. The molecule has 0 atom stereocenters. The maximum Gasteiger partial charge on any atom is 0.222 e. The van der Waals surface area contributed by atoms with Crippen LogP contribution in [0.2, 0.25) is 0 Å². The summed E-state index contributed by atoms with van der Waals surface area (Å²) >= 11 is 5.30. The fraction of sp³-hybridized carbons (Fsp3) is 0.158. The number of carbonyl (C=O) groups is 1. The van der Waals surface area contributed by atoms with E-state index in [0.29, 0.717) is 12.1 Å². The standard InChI is InChI=1S/C19H18N2OS/c1-2-21-13-16(15-10-6-7-11-17(15)21)18(22)19(23)20-12-14-8-4-3-5-9-14/h3-11,13H,2,12H2,1H3,(H,20,23). The van der Waals surface area contributed by atoms with Gasteiger partial charge in [0.25, 0.3) is 0 Å². The third-order valence-corrected chi connectivity index (χ3v) is 4.21. The number of rotatable bonds is 5. The molecular weight excluding hydrogens is 304 g/mol. The molecule has 0 saturated heterocycles. The smallest absolute Gasteiger partial charge is 0.222 e. The second kappa shape index (κ2) is 6.75. The summed E-state index contributed by atoms with van der Waals surface area (Å²) in [5, 5.41) is 4.01. The number of ketones is 1. The van der Waals surface area contributed by atoms with Gasteiger partial charge in [-0.1, -0.05) is 60.7 Å². The minimum atomic E-state index is -0.126. The average Bonchev–Trinajstić information content (AvgIpc) is 2.98. The van der Waals surface area contributed by atoms with Crippen LogP contribution < -0.4 is 5.32 Å². The molecule has 0 fully saturated rings. The monoisotopic (exact) mass is 322 g/mol. The molecule has 0 bridgehead atoms. The number of benzene rings is 2. The molecule has 1 heterocycles. The molecule has 0 aliphatic rings. The first-order valence-corrected chi connectivity index (χ1v) is 8.06. The summed E-state index contributed by atoms with van der Waals surface area (Å²) in [6, 6.07) is 17.8. The Bertz CT molecular complexity index is 852. The molecule has 116 valence electrons. The third kappa shape index (κ3) is 3.17. The quantitative estimate of drug-likeness (QED) is 0.570. The van der Waals surface area contributed by atoms with Gasteiger partial charge in [0.2, 0.25) is 5.78 Å². The van der Waals surface area contributed by atoms with E-state index < -0.39 is 0 Å². The predicted octanol–water partition coefficient (Wildman–Crippen LogP) is 3.96. The molecule has 1 aromatic heterocycles. The molecule has 4 heteroatoms. The Morgan fingerprint density at radius 3 is 2.52 bits per heavy atom. The lowest BCUT2D eigenvalue weighted by molar-refractivity contribution is 0.106. The lowest BCUT2D eigenvalue weighted by Gasteiger charge is -2.06. The lowest BCUT2D eigenvalue weighted by Crippen LogP contribution is -2.28. The first-order valence-electron chi connectivity index (χ1n) is 7.65. The van der Waals surface area contributed by atoms with Crippen LogP contribution in [0.4, 0.5) is 0 Å². The van der Waals surface area contributed by atoms with Gasteiger partial charge in [-0.25, -0.2) is 0 Å². The maximum atomic E-state index is 12.7. The van der Waals surface area contributed by atoms with Crippen molar-refractivity contribution in [1.29, 1.82) is 0 Å². The predicted molar refractivity (Wildman–Crippen MR) is 97.8 cm³/mol. The van der Waals surface area contributed by atoms with Crippen LogP contribution in [0.15, 0.2) is 60.8 Å². The Hall–Kier alpha value is -2.46. The fourth-order valence-electron chi connectivity index (χ4n) is 2.67. The summed E-state index contributed by atoms with van der Waals surface area (Å²) in [7, 11) is 0. The third-order valence-electron chi connectivity index (χ3n) is 3.88. The van der Waals surface area contributed by atoms with E-state index in [-0.39, 0.29) is 10.8 Å². The highest BCUT2D eigenvalue weighted by Crippen LogP contribution is 2.22. The molecule has 0 aliphatic heterocycles. The van der Waals surface area contributed by atoms with E-state index in [1.807, 2.05) is 60.8 Å². The molecule has 3 rings (SSSR count). The Morgan fingerprint density at radius 1 is 1.09 bits per heavy atom. The number of fused-ring (bicyclic) bond motifs is 1. The van der Waals surface area contributed by atoms with Gasteiger partial charge in [-0.15, -0.1) is 0 Å². The summed E-state index contributed by atoms with van der Waals surface area (Å²) in [6.07, 6.45) is 1.89. The number of para-hydroxylation sites is 1. The molecule has 0 spiro atoms. The van der Waals surface area contributed by atoms with E-state index in [1.165, 1.54) is 0 Å². The zero-order valence-electron chi connectivity index (χ0n) is 13.0.